The van der Waals surface area contributed by atoms with Gasteiger partial charge in [0.2, 0.25) is 11.8 Å². The summed E-state index contributed by atoms with van der Waals surface area (Å²) < 4.78 is 0. The highest BCUT2D eigenvalue weighted by atomic mass is 16.3. The maximum Gasteiger partial charge on any atom is 0.243 e. The molecule has 180 valence electrons. The van der Waals surface area contributed by atoms with Gasteiger partial charge in [-0.25, -0.2) is 0 Å². The molecular formula is C27H34N4O3. The van der Waals surface area contributed by atoms with E-state index in [1.165, 1.54) is 0 Å². The van der Waals surface area contributed by atoms with Crippen LogP contribution >= 0.6 is 0 Å². The van der Waals surface area contributed by atoms with Crippen LogP contribution in [-0.2, 0) is 16.0 Å². The van der Waals surface area contributed by atoms with Crippen LogP contribution in [-0.4, -0.2) is 55.7 Å². The van der Waals surface area contributed by atoms with E-state index < -0.39 is 12.1 Å². The first kappa shape index (κ1) is 25.2. The Morgan fingerprint density at radius 3 is 2.44 bits per heavy atom. The molecule has 34 heavy (non-hydrogen) atoms. The van der Waals surface area contributed by atoms with Crippen molar-refractivity contribution in [2.75, 3.05) is 31.6 Å². The number of nitrogens with two attached hydrogens (primary N) is 1. The Labute approximate surface area is 201 Å². The minimum absolute atomic E-state index is 0.0430. The number of nitrogens with one attached hydrogen (secondary N) is 2. The number of anilines is 1. The van der Waals surface area contributed by atoms with Gasteiger partial charge in [0.05, 0.1) is 6.10 Å². The third-order valence-corrected chi connectivity index (χ3v) is 5.78. The molecule has 2 amide bonds. The highest BCUT2D eigenvalue weighted by Gasteiger charge is 2.22. The number of nitrogens with zero attached hydrogens (tertiary/aromatic N) is 1. The van der Waals surface area contributed by atoms with Crippen molar-refractivity contribution in [1.82, 2.24) is 10.6 Å². The average molecular weight is 463 g/mol. The van der Waals surface area contributed by atoms with Gasteiger partial charge in [-0.15, -0.1) is 0 Å². The van der Waals surface area contributed by atoms with Gasteiger partial charge in [-0.1, -0.05) is 60.7 Å². The number of para-hydroxylation sites is 1. The number of carbonyl (C=O) groups excluding carboxylic acids is 2. The Balaban J connectivity index is 1.61. The Morgan fingerprint density at radius 2 is 1.71 bits per heavy atom. The molecule has 0 fully saturated rings. The molecule has 3 aromatic carbocycles. The number of rotatable bonds is 12. The molecule has 3 rings (SSSR count). The zero-order valence-electron chi connectivity index (χ0n) is 19.6. The van der Waals surface area contributed by atoms with Crippen LogP contribution < -0.4 is 21.3 Å². The topological polar surface area (TPSA) is 108 Å². The van der Waals surface area contributed by atoms with Crippen LogP contribution in [0.3, 0.4) is 0 Å². The second-order valence-corrected chi connectivity index (χ2v) is 8.50. The van der Waals surface area contributed by atoms with Gasteiger partial charge in [-0.3, -0.25) is 9.59 Å². The molecule has 5 N–H and O–H groups in total. The van der Waals surface area contributed by atoms with Crippen LogP contribution in [0.25, 0.3) is 10.8 Å². The first-order chi connectivity index (χ1) is 16.5. The van der Waals surface area contributed by atoms with Gasteiger partial charge in [-0.05, 0) is 34.9 Å². The highest BCUT2D eigenvalue weighted by Crippen LogP contribution is 2.17. The van der Waals surface area contributed by atoms with Crippen LogP contribution in [0.5, 0.6) is 0 Å². The van der Waals surface area contributed by atoms with Crippen molar-refractivity contribution in [3.05, 3.63) is 78.4 Å². The largest absolute Gasteiger partial charge is 0.390 e. The molecule has 0 radical (unpaired) electrons. The first-order valence-electron chi connectivity index (χ1n) is 11.7. The van der Waals surface area contributed by atoms with Gasteiger partial charge in [0.25, 0.3) is 0 Å². The summed E-state index contributed by atoms with van der Waals surface area (Å²) in [5, 5.41) is 17.5. The normalized spacial score (nSPS) is 12.7. The van der Waals surface area contributed by atoms with Crippen molar-refractivity contribution in [2.45, 2.75) is 31.4 Å². The van der Waals surface area contributed by atoms with Gasteiger partial charge >= 0.3 is 0 Å². The van der Waals surface area contributed by atoms with Crippen LogP contribution in [0.15, 0.2) is 72.8 Å². The summed E-state index contributed by atoms with van der Waals surface area (Å²) in [5.41, 5.74) is 7.48. The minimum Gasteiger partial charge on any atom is -0.390 e. The molecule has 7 nitrogen and oxygen atoms in total. The fourth-order valence-corrected chi connectivity index (χ4v) is 3.79. The van der Waals surface area contributed by atoms with E-state index in [2.05, 4.69) is 15.5 Å². The lowest BCUT2D eigenvalue weighted by Crippen LogP contribution is -2.50. The van der Waals surface area contributed by atoms with E-state index in [0.717, 1.165) is 28.6 Å². The van der Waals surface area contributed by atoms with Crippen molar-refractivity contribution in [1.29, 1.82) is 0 Å². The Kier molecular flexibility index (Phi) is 9.43. The summed E-state index contributed by atoms with van der Waals surface area (Å²) in [6.45, 7) is 0.819. The maximum atomic E-state index is 12.8. The van der Waals surface area contributed by atoms with E-state index in [1.54, 1.807) is 0 Å². The lowest BCUT2D eigenvalue weighted by Gasteiger charge is -2.21. The molecule has 0 aliphatic rings. The highest BCUT2D eigenvalue weighted by molar-refractivity contribution is 5.88. The molecule has 0 saturated carbocycles. The molecule has 0 heterocycles. The van der Waals surface area contributed by atoms with E-state index in [0.29, 0.717) is 19.3 Å². The number of benzene rings is 3. The zero-order valence-corrected chi connectivity index (χ0v) is 19.6. The van der Waals surface area contributed by atoms with Crippen molar-refractivity contribution in [3.63, 3.8) is 0 Å². The molecular weight excluding hydrogens is 428 g/mol. The zero-order chi connectivity index (χ0) is 24.3. The van der Waals surface area contributed by atoms with Crippen LogP contribution in [0.1, 0.15) is 18.4 Å². The number of carbonyl (C=O) groups is 2. The molecule has 0 bridgehead atoms. The van der Waals surface area contributed by atoms with Crippen LogP contribution in [0.2, 0.25) is 0 Å². The summed E-state index contributed by atoms with van der Waals surface area (Å²) in [6, 6.07) is 23.3. The van der Waals surface area contributed by atoms with Gasteiger partial charge < -0.3 is 26.4 Å². The predicted octanol–water partition coefficient (Wildman–Crippen LogP) is 2.22. The van der Waals surface area contributed by atoms with E-state index in [4.69, 9.17) is 5.73 Å². The van der Waals surface area contributed by atoms with E-state index in [9.17, 15) is 14.7 Å². The van der Waals surface area contributed by atoms with E-state index in [1.807, 2.05) is 79.8 Å². The molecule has 7 heteroatoms. The number of aliphatic hydroxyl groups excluding tert-OH is 1. The lowest BCUT2D eigenvalue weighted by molar-refractivity contribution is -0.129. The van der Waals surface area contributed by atoms with Crippen LogP contribution in [0.4, 0.5) is 5.69 Å². The van der Waals surface area contributed by atoms with Crippen molar-refractivity contribution in [3.8, 4) is 0 Å². The van der Waals surface area contributed by atoms with Crippen molar-refractivity contribution < 1.29 is 14.7 Å². The van der Waals surface area contributed by atoms with Crippen molar-refractivity contribution >= 4 is 28.3 Å². The Bertz CT molecular complexity index is 1070. The fourth-order valence-electron chi connectivity index (χ4n) is 3.79. The Hall–Kier alpha value is -3.42. The summed E-state index contributed by atoms with van der Waals surface area (Å²) in [4.78, 5) is 27.6. The summed E-state index contributed by atoms with van der Waals surface area (Å²) in [5.74, 6) is -0.516. The molecule has 0 spiro atoms. The lowest BCUT2D eigenvalue weighted by atomic mass is 10.0. The third-order valence-electron chi connectivity index (χ3n) is 5.78. The first-order valence-corrected chi connectivity index (χ1v) is 11.7. The quantitative estimate of drug-likeness (QED) is 0.330. The van der Waals surface area contributed by atoms with Gasteiger partial charge in [0, 0.05) is 45.2 Å². The maximum absolute atomic E-state index is 12.8. The van der Waals surface area contributed by atoms with Gasteiger partial charge in [0.15, 0.2) is 0 Å². The van der Waals surface area contributed by atoms with Gasteiger partial charge in [0.1, 0.15) is 6.04 Å². The second kappa shape index (κ2) is 12.7. The number of aliphatic hydroxyl groups is 1. The summed E-state index contributed by atoms with van der Waals surface area (Å²) in [6.07, 6.45) is 0.497. The second-order valence-electron chi connectivity index (χ2n) is 8.50. The average Bonchev–Trinajstić information content (AvgIpc) is 2.87. The third kappa shape index (κ3) is 7.57. The SMILES string of the molecule is CN(CCCC(=O)NC(Cc1ccc2ccccc2c1)C(=O)NCC(O)CN)c1ccccc1. The predicted molar refractivity (Wildman–Crippen MR) is 137 cm³/mol. The fraction of sp³-hybridized carbons (Fsp3) is 0.333. The molecule has 0 aliphatic heterocycles. The number of amides is 2. The van der Waals surface area contributed by atoms with E-state index in [-0.39, 0.29) is 24.9 Å². The molecule has 0 aromatic heterocycles. The number of hydrogen-bond acceptors (Lipinski definition) is 5. The van der Waals surface area contributed by atoms with Crippen LogP contribution in [0, 0.1) is 0 Å². The summed E-state index contributed by atoms with van der Waals surface area (Å²) >= 11 is 0. The molecule has 2 unspecified atom stereocenters. The molecule has 3 aromatic rings. The molecule has 0 aliphatic carbocycles. The Morgan fingerprint density at radius 1 is 1.00 bits per heavy atom. The summed E-state index contributed by atoms with van der Waals surface area (Å²) in [7, 11) is 1.99. The number of hydrogen-bond donors (Lipinski definition) is 4. The number of fused-ring (bicyclic) bond motifs is 1. The smallest absolute Gasteiger partial charge is 0.243 e. The van der Waals surface area contributed by atoms with Gasteiger partial charge in [-0.2, -0.15) is 0 Å². The van der Waals surface area contributed by atoms with Crippen molar-refractivity contribution in [2.24, 2.45) is 5.73 Å². The minimum atomic E-state index is -0.825. The molecule has 0 saturated heterocycles. The monoisotopic (exact) mass is 462 g/mol. The standard InChI is InChI=1S/C27H34N4O3/c1-31(23-10-3-2-4-11-23)15-7-12-26(33)30-25(27(34)29-19-24(32)18-28)17-20-13-14-21-8-5-6-9-22(21)16-20/h2-6,8-11,13-14,16,24-25,32H,7,12,15,17-19,28H2,1H3,(H,29,34)(H,30,33). The molecule has 2 atom stereocenters. The van der Waals surface area contributed by atoms with E-state index >= 15 is 0 Å².